The lowest BCUT2D eigenvalue weighted by molar-refractivity contribution is 0.154. The van der Waals surface area contributed by atoms with Gasteiger partial charge in [-0.25, -0.2) is 0 Å². The molecule has 2 fully saturated rings. The van der Waals surface area contributed by atoms with Crippen LogP contribution in [0.1, 0.15) is 46.0 Å². The lowest BCUT2D eigenvalue weighted by Gasteiger charge is -2.39. The Bertz CT molecular complexity index is 197. The summed E-state index contributed by atoms with van der Waals surface area (Å²) in [7, 11) is 0. The summed E-state index contributed by atoms with van der Waals surface area (Å²) in [6.45, 7) is 7.93. The fourth-order valence-corrected chi connectivity index (χ4v) is 2.93. The minimum absolute atomic E-state index is 0.498. The van der Waals surface area contributed by atoms with Gasteiger partial charge < -0.3 is 10.1 Å². The first-order valence-electron chi connectivity index (χ1n) is 6.49. The molecule has 2 aliphatic rings. The van der Waals surface area contributed by atoms with Crippen LogP contribution in [0.15, 0.2) is 0 Å². The predicted molar refractivity (Wildman–Crippen MR) is 63.0 cm³/mol. The highest BCUT2D eigenvalue weighted by molar-refractivity contribution is 4.88. The summed E-state index contributed by atoms with van der Waals surface area (Å²) in [5.74, 6) is 0.766. The van der Waals surface area contributed by atoms with Crippen LogP contribution in [0.25, 0.3) is 0 Å². The second-order valence-corrected chi connectivity index (χ2v) is 5.92. The standard InChI is InChI=1S/C13H25NO/c1-13(2)7-4-3-5-12(13)14-9-11-6-8-15-10-11/h11-12,14H,3-10H2,1-2H3. The van der Waals surface area contributed by atoms with Crippen LogP contribution < -0.4 is 5.32 Å². The van der Waals surface area contributed by atoms with Crippen molar-refractivity contribution in [3.63, 3.8) is 0 Å². The van der Waals surface area contributed by atoms with Gasteiger partial charge in [0.05, 0.1) is 6.61 Å². The summed E-state index contributed by atoms with van der Waals surface area (Å²) in [5.41, 5.74) is 0.498. The third-order valence-electron chi connectivity index (χ3n) is 4.18. The molecule has 1 heterocycles. The maximum absolute atomic E-state index is 5.41. The van der Waals surface area contributed by atoms with Crippen LogP contribution in [-0.4, -0.2) is 25.8 Å². The van der Waals surface area contributed by atoms with Crippen molar-refractivity contribution in [2.45, 2.75) is 52.0 Å². The van der Waals surface area contributed by atoms with Gasteiger partial charge in [0.2, 0.25) is 0 Å². The number of nitrogens with one attached hydrogen (secondary N) is 1. The van der Waals surface area contributed by atoms with E-state index in [1.54, 1.807) is 0 Å². The monoisotopic (exact) mass is 211 g/mol. The van der Waals surface area contributed by atoms with E-state index in [4.69, 9.17) is 4.74 Å². The SMILES string of the molecule is CC1(C)CCCCC1NCC1CCOC1. The zero-order valence-electron chi connectivity index (χ0n) is 10.2. The summed E-state index contributed by atoms with van der Waals surface area (Å²) in [6, 6.07) is 0.729. The van der Waals surface area contributed by atoms with Crippen LogP contribution in [0, 0.1) is 11.3 Å². The normalized spacial score (nSPS) is 35.6. The first-order chi connectivity index (χ1) is 7.18. The smallest absolute Gasteiger partial charge is 0.0507 e. The molecule has 2 nitrogen and oxygen atoms in total. The Morgan fingerprint density at radius 1 is 1.27 bits per heavy atom. The van der Waals surface area contributed by atoms with E-state index in [2.05, 4.69) is 19.2 Å². The van der Waals surface area contributed by atoms with Gasteiger partial charge in [-0.05, 0) is 30.6 Å². The molecule has 1 saturated carbocycles. The van der Waals surface area contributed by atoms with Gasteiger partial charge in [-0.2, -0.15) is 0 Å². The highest BCUT2D eigenvalue weighted by Gasteiger charge is 2.32. The van der Waals surface area contributed by atoms with E-state index in [0.717, 1.165) is 31.7 Å². The van der Waals surface area contributed by atoms with E-state index in [9.17, 15) is 0 Å². The second-order valence-electron chi connectivity index (χ2n) is 5.92. The Labute approximate surface area is 93.8 Å². The second kappa shape index (κ2) is 4.84. The van der Waals surface area contributed by atoms with E-state index in [-0.39, 0.29) is 0 Å². The van der Waals surface area contributed by atoms with Crippen molar-refractivity contribution in [1.29, 1.82) is 0 Å². The molecule has 0 amide bonds. The summed E-state index contributed by atoms with van der Waals surface area (Å²) in [6.07, 6.45) is 6.81. The molecule has 0 spiro atoms. The first kappa shape index (κ1) is 11.4. The molecule has 2 heteroatoms. The molecule has 0 radical (unpaired) electrons. The van der Waals surface area contributed by atoms with E-state index >= 15 is 0 Å². The quantitative estimate of drug-likeness (QED) is 0.774. The highest BCUT2D eigenvalue weighted by Crippen LogP contribution is 2.35. The molecule has 2 atom stereocenters. The Morgan fingerprint density at radius 3 is 2.80 bits per heavy atom. The number of hydrogen-bond acceptors (Lipinski definition) is 2. The van der Waals surface area contributed by atoms with Gasteiger partial charge in [0, 0.05) is 19.2 Å². The van der Waals surface area contributed by atoms with Crippen molar-refractivity contribution in [3.8, 4) is 0 Å². The minimum atomic E-state index is 0.498. The zero-order chi connectivity index (χ0) is 10.7. The van der Waals surface area contributed by atoms with E-state index in [1.807, 2.05) is 0 Å². The van der Waals surface area contributed by atoms with Crippen molar-refractivity contribution >= 4 is 0 Å². The van der Waals surface area contributed by atoms with E-state index in [0.29, 0.717) is 5.41 Å². The molecular weight excluding hydrogens is 186 g/mol. The number of rotatable bonds is 3. The minimum Gasteiger partial charge on any atom is -0.381 e. The lowest BCUT2D eigenvalue weighted by atomic mass is 9.73. The Hall–Kier alpha value is -0.0800. The largest absolute Gasteiger partial charge is 0.381 e. The van der Waals surface area contributed by atoms with Crippen molar-refractivity contribution in [1.82, 2.24) is 5.32 Å². The summed E-state index contributed by atoms with van der Waals surface area (Å²) < 4.78 is 5.41. The molecule has 0 bridgehead atoms. The van der Waals surface area contributed by atoms with Gasteiger partial charge in [-0.15, -0.1) is 0 Å². The van der Waals surface area contributed by atoms with Crippen LogP contribution in [0.2, 0.25) is 0 Å². The summed E-state index contributed by atoms with van der Waals surface area (Å²) in [4.78, 5) is 0. The lowest BCUT2D eigenvalue weighted by Crippen LogP contribution is -2.45. The maximum atomic E-state index is 5.41. The predicted octanol–water partition coefficient (Wildman–Crippen LogP) is 2.58. The Morgan fingerprint density at radius 2 is 2.13 bits per heavy atom. The van der Waals surface area contributed by atoms with Gasteiger partial charge in [0.15, 0.2) is 0 Å². The topological polar surface area (TPSA) is 21.3 Å². The Kier molecular flexibility index (Phi) is 3.68. The van der Waals surface area contributed by atoms with Gasteiger partial charge in [0.1, 0.15) is 0 Å². The molecule has 1 saturated heterocycles. The van der Waals surface area contributed by atoms with Crippen molar-refractivity contribution in [2.24, 2.45) is 11.3 Å². The molecule has 15 heavy (non-hydrogen) atoms. The average molecular weight is 211 g/mol. The molecular formula is C13H25NO. The maximum Gasteiger partial charge on any atom is 0.0507 e. The fourth-order valence-electron chi connectivity index (χ4n) is 2.93. The fraction of sp³-hybridized carbons (Fsp3) is 1.00. The molecule has 0 aromatic heterocycles. The third kappa shape index (κ3) is 2.94. The van der Waals surface area contributed by atoms with Crippen LogP contribution in [0.3, 0.4) is 0 Å². The van der Waals surface area contributed by atoms with Gasteiger partial charge in [-0.1, -0.05) is 26.7 Å². The van der Waals surface area contributed by atoms with Gasteiger partial charge in [0.25, 0.3) is 0 Å². The van der Waals surface area contributed by atoms with Gasteiger partial charge in [-0.3, -0.25) is 0 Å². The number of ether oxygens (including phenoxy) is 1. The molecule has 2 unspecified atom stereocenters. The van der Waals surface area contributed by atoms with Crippen LogP contribution in [0.5, 0.6) is 0 Å². The number of hydrogen-bond donors (Lipinski definition) is 1. The van der Waals surface area contributed by atoms with Crippen molar-refractivity contribution in [3.05, 3.63) is 0 Å². The first-order valence-corrected chi connectivity index (χ1v) is 6.49. The highest BCUT2D eigenvalue weighted by atomic mass is 16.5. The molecule has 88 valence electrons. The summed E-state index contributed by atoms with van der Waals surface area (Å²) >= 11 is 0. The van der Waals surface area contributed by atoms with Crippen LogP contribution in [0.4, 0.5) is 0 Å². The van der Waals surface area contributed by atoms with Crippen LogP contribution >= 0.6 is 0 Å². The van der Waals surface area contributed by atoms with Gasteiger partial charge >= 0.3 is 0 Å². The molecule has 1 aliphatic carbocycles. The molecule has 0 aromatic rings. The molecule has 0 aromatic carbocycles. The molecule has 1 N–H and O–H groups in total. The van der Waals surface area contributed by atoms with Crippen LogP contribution in [-0.2, 0) is 4.74 Å². The van der Waals surface area contributed by atoms with E-state index in [1.165, 1.54) is 32.1 Å². The van der Waals surface area contributed by atoms with Crippen molar-refractivity contribution in [2.75, 3.05) is 19.8 Å². The summed E-state index contributed by atoms with van der Waals surface area (Å²) in [5, 5.41) is 3.77. The Balaban J connectivity index is 1.76. The van der Waals surface area contributed by atoms with E-state index < -0.39 is 0 Å². The third-order valence-corrected chi connectivity index (χ3v) is 4.18. The average Bonchev–Trinajstić information content (AvgIpc) is 2.68. The molecule has 2 rings (SSSR count). The molecule has 1 aliphatic heterocycles. The van der Waals surface area contributed by atoms with Crippen molar-refractivity contribution < 1.29 is 4.74 Å². The zero-order valence-corrected chi connectivity index (χ0v) is 10.2.